The van der Waals surface area contributed by atoms with Gasteiger partial charge in [-0.25, -0.2) is 14.8 Å². The number of hydrogen-bond acceptors (Lipinski definition) is 5. The van der Waals surface area contributed by atoms with Gasteiger partial charge in [0.1, 0.15) is 11.6 Å². The molecular formula is C21H28N6O. The van der Waals surface area contributed by atoms with Gasteiger partial charge >= 0.3 is 6.03 Å². The highest BCUT2D eigenvalue weighted by atomic mass is 16.2. The molecule has 2 aromatic rings. The first kappa shape index (κ1) is 18.5. The first-order chi connectivity index (χ1) is 13.8. The summed E-state index contributed by atoms with van der Waals surface area (Å²) in [7, 11) is 0. The number of urea groups is 1. The minimum Gasteiger partial charge on any atom is -0.367 e. The number of aromatic nitrogens is 2. The standard InChI is InChI=1S/C21H28N6O/c28-21(24-17-6-2-1-3-7-17)25-19-10-9-18(16-23-19)26-12-14-27(15-13-26)20-8-4-5-11-22-20/h4-5,8-11,16-17H,1-3,6-7,12-15H2,(H2,23,24,25,28). The van der Waals surface area contributed by atoms with Gasteiger partial charge in [0.2, 0.25) is 0 Å². The van der Waals surface area contributed by atoms with Crippen molar-refractivity contribution in [2.24, 2.45) is 0 Å². The first-order valence-electron chi connectivity index (χ1n) is 10.2. The lowest BCUT2D eigenvalue weighted by Gasteiger charge is -2.36. The molecule has 2 N–H and O–H groups in total. The van der Waals surface area contributed by atoms with Gasteiger partial charge in [-0.2, -0.15) is 0 Å². The summed E-state index contributed by atoms with van der Waals surface area (Å²) < 4.78 is 0. The Hall–Kier alpha value is -2.83. The molecule has 1 aliphatic heterocycles. The number of anilines is 3. The van der Waals surface area contributed by atoms with Gasteiger partial charge in [0, 0.05) is 38.4 Å². The van der Waals surface area contributed by atoms with Crippen LogP contribution in [0.1, 0.15) is 32.1 Å². The smallest absolute Gasteiger partial charge is 0.320 e. The lowest BCUT2D eigenvalue weighted by molar-refractivity contribution is 0.244. The van der Waals surface area contributed by atoms with Crippen LogP contribution in [-0.2, 0) is 0 Å². The highest BCUT2D eigenvalue weighted by Gasteiger charge is 2.19. The van der Waals surface area contributed by atoms with E-state index in [1.807, 2.05) is 36.7 Å². The molecule has 0 aromatic carbocycles. The Morgan fingerprint density at radius 1 is 0.929 bits per heavy atom. The van der Waals surface area contributed by atoms with Crippen molar-refractivity contribution in [1.82, 2.24) is 15.3 Å². The maximum Gasteiger partial charge on any atom is 0.320 e. The molecule has 2 aliphatic rings. The second-order valence-electron chi connectivity index (χ2n) is 7.50. The third kappa shape index (κ3) is 4.71. The van der Waals surface area contributed by atoms with Crippen LogP contribution in [0.3, 0.4) is 0 Å². The molecule has 7 nitrogen and oxygen atoms in total. The summed E-state index contributed by atoms with van der Waals surface area (Å²) >= 11 is 0. The Bertz CT molecular complexity index is 752. The van der Waals surface area contributed by atoms with Crippen LogP contribution < -0.4 is 20.4 Å². The number of carbonyl (C=O) groups excluding carboxylic acids is 1. The van der Waals surface area contributed by atoms with E-state index in [-0.39, 0.29) is 6.03 Å². The topological polar surface area (TPSA) is 73.4 Å². The van der Waals surface area contributed by atoms with Crippen LogP contribution in [0.2, 0.25) is 0 Å². The predicted octanol–water partition coefficient (Wildman–Crippen LogP) is 3.26. The molecule has 0 bridgehead atoms. The van der Waals surface area contributed by atoms with Crippen molar-refractivity contribution < 1.29 is 4.79 Å². The number of rotatable bonds is 4. The summed E-state index contributed by atoms with van der Waals surface area (Å²) in [4.78, 5) is 25.6. The lowest BCUT2D eigenvalue weighted by atomic mass is 9.96. The molecule has 1 aliphatic carbocycles. The van der Waals surface area contributed by atoms with Crippen molar-refractivity contribution in [2.75, 3.05) is 41.3 Å². The van der Waals surface area contributed by atoms with Crippen molar-refractivity contribution in [1.29, 1.82) is 0 Å². The normalized spacial score (nSPS) is 18.0. The van der Waals surface area contributed by atoms with Crippen molar-refractivity contribution >= 4 is 23.4 Å². The molecule has 2 aromatic heterocycles. The van der Waals surface area contributed by atoms with E-state index in [0.717, 1.165) is 50.5 Å². The van der Waals surface area contributed by atoms with Crippen LogP contribution in [0.5, 0.6) is 0 Å². The summed E-state index contributed by atoms with van der Waals surface area (Å²) in [5.74, 6) is 1.62. The van der Waals surface area contributed by atoms with E-state index in [1.54, 1.807) is 0 Å². The molecule has 1 saturated carbocycles. The van der Waals surface area contributed by atoms with E-state index in [1.165, 1.54) is 19.3 Å². The maximum atomic E-state index is 12.2. The maximum absolute atomic E-state index is 12.2. The molecule has 7 heteroatoms. The van der Waals surface area contributed by atoms with E-state index in [9.17, 15) is 4.79 Å². The average Bonchev–Trinajstić information content (AvgIpc) is 2.76. The second kappa shape index (κ2) is 8.91. The number of pyridine rings is 2. The van der Waals surface area contributed by atoms with E-state index in [2.05, 4.69) is 36.5 Å². The van der Waals surface area contributed by atoms with Crippen LogP contribution in [-0.4, -0.2) is 48.2 Å². The number of piperazine rings is 1. The van der Waals surface area contributed by atoms with Gasteiger partial charge in [-0.05, 0) is 37.1 Å². The van der Waals surface area contributed by atoms with Gasteiger partial charge in [0.15, 0.2) is 0 Å². The fourth-order valence-electron chi connectivity index (χ4n) is 3.97. The third-order valence-corrected chi connectivity index (χ3v) is 5.55. The molecule has 2 amide bonds. The quantitative estimate of drug-likeness (QED) is 0.852. The van der Waals surface area contributed by atoms with Gasteiger partial charge in [0.25, 0.3) is 0 Å². The van der Waals surface area contributed by atoms with Crippen molar-refractivity contribution in [3.63, 3.8) is 0 Å². The van der Waals surface area contributed by atoms with E-state index < -0.39 is 0 Å². The zero-order chi connectivity index (χ0) is 19.2. The van der Waals surface area contributed by atoms with Crippen LogP contribution in [0.15, 0.2) is 42.7 Å². The minimum absolute atomic E-state index is 0.156. The first-order valence-corrected chi connectivity index (χ1v) is 10.2. The Labute approximate surface area is 166 Å². The van der Waals surface area contributed by atoms with Crippen LogP contribution in [0.4, 0.5) is 22.1 Å². The number of nitrogens with one attached hydrogen (secondary N) is 2. The summed E-state index contributed by atoms with van der Waals surface area (Å²) in [6, 6.07) is 10.1. The zero-order valence-electron chi connectivity index (χ0n) is 16.2. The fraction of sp³-hybridized carbons (Fsp3) is 0.476. The zero-order valence-corrected chi connectivity index (χ0v) is 16.2. The Morgan fingerprint density at radius 3 is 2.39 bits per heavy atom. The summed E-state index contributed by atoms with van der Waals surface area (Å²) in [5.41, 5.74) is 1.08. The van der Waals surface area contributed by atoms with Crippen molar-refractivity contribution in [3.8, 4) is 0 Å². The third-order valence-electron chi connectivity index (χ3n) is 5.55. The molecule has 148 valence electrons. The molecule has 1 saturated heterocycles. The number of amides is 2. The van der Waals surface area contributed by atoms with Crippen molar-refractivity contribution in [2.45, 2.75) is 38.1 Å². The average molecular weight is 380 g/mol. The van der Waals surface area contributed by atoms with Gasteiger partial charge in [-0.1, -0.05) is 25.3 Å². The number of hydrogen-bond donors (Lipinski definition) is 2. The number of carbonyl (C=O) groups is 1. The Balaban J connectivity index is 1.27. The predicted molar refractivity (Wildman–Crippen MR) is 112 cm³/mol. The van der Waals surface area contributed by atoms with Crippen molar-refractivity contribution in [3.05, 3.63) is 42.7 Å². The lowest BCUT2D eigenvalue weighted by Crippen LogP contribution is -2.46. The molecule has 0 spiro atoms. The highest BCUT2D eigenvalue weighted by molar-refractivity contribution is 5.88. The van der Waals surface area contributed by atoms with Crippen LogP contribution in [0.25, 0.3) is 0 Å². The summed E-state index contributed by atoms with van der Waals surface area (Å²) in [6.45, 7) is 3.71. The molecule has 2 fully saturated rings. The highest BCUT2D eigenvalue weighted by Crippen LogP contribution is 2.20. The molecular weight excluding hydrogens is 352 g/mol. The van der Waals surface area contributed by atoms with E-state index >= 15 is 0 Å². The summed E-state index contributed by atoms with van der Waals surface area (Å²) in [6.07, 6.45) is 9.50. The SMILES string of the molecule is O=C(Nc1ccc(N2CCN(c3ccccn3)CC2)cn1)NC1CCCCC1. The second-order valence-corrected chi connectivity index (χ2v) is 7.50. The summed E-state index contributed by atoms with van der Waals surface area (Å²) in [5, 5.41) is 5.91. The molecule has 0 radical (unpaired) electrons. The van der Waals surface area contributed by atoms with Gasteiger partial charge in [-0.15, -0.1) is 0 Å². The largest absolute Gasteiger partial charge is 0.367 e. The van der Waals surface area contributed by atoms with Gasteiger partial charge in [-0.3, -0.25) is 5.32 Å². The van der Waals surface area contributed by atoms with Crippen LogP contribution >= 0.6 is 0 Å². The Morgan fingerprint density at radius 2 is 1.71 bits per heavy atom. The Kier molecular flexibility index (Phi) is 5.89. The minimum atomic E-state index is -0.156. The molecule has 4 rings (SSSR count). The molecule has 0 atom stereocenters. The molecule has 28 heavy (non-hydrogen) atoms. The number of nitrogens with zero attached hydrogens (tertiary/aromatic N) is 4. The van der Waals surface area contributed by atoms with E-state index in [0.29, 0.717) is 11.9 Å². The fourth-order valence-corrected chi connectivity index (χ4v) is 3.97. The molecule has 0 unspecified atom stereocenters. The molecule has 3 heterocycles. The van der Waals surface area contributed by atoms with Crippen LogP contribution in [0, 0.1) is 0 Å². The van der Waals surface area contributed by atoms with Gasteiger partial charge < -0.3 is 15.1 Å². The monoisotopic (exact) mass is 380 g/mol. The van der Waals surface area contributed by atoms with E-state index in [4.69, 9.17) is 0 Å². The van der Waals surface area contributed by atoms with Gasteiger partial charge in [0.05, 0.1) is 11.9 Å².